The number of hydrogen-bond donors (Lipinski definition) is 7. The highest BCUT2D eigenvalue weighted by molar-refractivity contribution is 7.47. The van der Waals surface area contributed by atoms with E-state index in [1.165, 1.54) is 57.8 Å². The maximum Gasteiger partial charge on any atom is 0.472 e. The van der Waals surface area contributed by atoms with E-state index < -0.39 is 81.8 Å². The van der Waals surface area contributed by atoms with E-state index >= 15 is 0 Å². The Labute approximate surface area is 359 Å². The highest BCUT2D eigenvalue weighted by Crippen LogP contribution is 2.47. The van der Waals surface area contributed by atoms with E-state index in [0.717, 1.165) is 51.4 Å². The first kappa shape index (κ1) is 55.8. The van der Waals surface area contributed by atoms with E-state index in [1.807, 2.05) is 42.5 Å². The SMILES string of the molecule is CCCCCCCCCCCCCCCC(=O)OCC(COP(=O)(O)OC1C(O)C(O)C(O)C(O)C1O)OC(=O)CCCC=CCC=CCC=CC=CC(O)CCCCC. The quantitative estimate of drug-likeness (QED) is 0.0107. The summed E-state index contributed by atoms with van der Waals surface area (Å²) in [7, 11) is -5.14. The van der Waals surface area contributed by atoms with Gasteiger partial charge in [-0.25, -0.2) is 4.57 Å². The number of phosphoric ester groups is 1. The standard InChI is InChI=1S/C45H79O14P/c1-3-5-7-8-9-10-11-12-15-18-21-24-28-32-38(47)56-34-37(35-57-60(54,55)59-45-43(52)41(50)40(49)42(51)44(45)53)58-39(48)33-29-25-22-19-16-13-14-17-20-23-27-31-36(46)30-26-6-4-2/h13-14,19-20,22-23,27,31,36-37,40-46,49-53H,3-12,15-18,21,24-26,28-30,32-35H2,1-2H3,(H,54,55). The molecule has 0 saturated heterocycles. The van der Waals surface area contributed by atoms with Crippen LogP contribution in [0.3, 0.4) is 0 Å². The lowest BCUT2D eigenvalue weighted by Crippen LogP contribution is -2.64. The Balaban J connectivity index is 2.54. The van der Waals surface area contributed by atoms with Crippen molar-refractivity contribution in [3.8, 4) is 0 Å². The molecule has 0 bridgehead atoms. The molecule has 14 nitrogen and oxygen atoms in total. The van der Waals surface area contributed by atoms with Crippen LogP contribution >= 0.6 is 7.82 Å². The van der Waals surface area contributed by atoms with Gasteiger partial charge < -0.3 is 45.0 Å². The summed E-state index contributed by atoms with van der Waals surface area (Å²) in [5.74, 6) is -1.19. The number of carbonyl (C=O) groups is 2. The Hall–Kier alpha value is -2.23. The summed E-state index contributed by atoms with van der Waals surface area (Å²) in [5, 5.41) is 60.0. The summed E-state index contributed by atoms with van der Waals surface area (Å²) in [5.41, 5.74) is 0. The van der Waals surface area contributed by atoms with E-state index in [4.69, 9.17) is 18.5 Å². The van der Waals surface area contributed by atoms with Crippen LogP contribution in [0.2, 0.25) is 0 Å². The van der Waals surface area contributed by atoms with Crippen molar-refractivity contribution in [2.45, 2.75) is 210 Å². The lowest BCUT2D eigenvalue weighted by Gasteiger charge is -2.41. The number of ether oxygens (including phenoxy) is 2. The van der Waals surface area contributed by atoms with Crippen LogP contribution in [0.25, 0.3) is 0 Å². The maximum atomic E-state index is 12.8. The second kappa shape index (κ2) is 35.3. The molecule has 7 N–H and O–H groups in total. The number of aliphatic hydroxyl groups is 6. The zero-order valence-electron chi connectivity index (χ0n) is 36.4. The number of aliphatic hydroxyl groups excluding tert-OH is 6. The fourth-order valence-electron chi connectivity index (χ4n) is 6.57. The van der Waals surface area contributed by atoms with Crippen LogP contribution in [0.5, 0.6) is 0 Å². The number of esters is 2. The molecule has 0 aliphatic heterocycles. The lowest BCUT2D eigenvalue weighted by atomic mass is 9.85. The molecule has 0 aromatic rings. The van der Waals surface area contributed by atoms with Crippen LogP contribution in [0.15, 0.2) is 48.6 Å². The van der Waals surface area contributed by atoms with Gasteiger partial charge in [0.1, 0.15) is 43.2 Å². The first-order chi connectivity index (χ1) is 28.8. The van der Waals surface area contributed by atoms with Crippen LogP contribution in [0, 0.1) is 0 Å². The Kier molecular flexibility index (Phi) is 32.8. The number of hydrogen-bond acceptors (Lipinski definition) is 13. The van der Waals surface area contributed by atoms with Crippen LogP contribution in [-0.2, 0) is 32.7 Å². The molecule has 0 radical (unpaired) electrons. The van der Waals surface area contributed by atoms with Gasteiger partial charge in [-0.1, -0.05) is 159 Å². The van der Waals surface area contributed by atoms with Crippen molar-refractivity contribution in [1.29, 1.82) is 0 Å². The molecule has 1 aliphatic carbocycles. The third-order valence-corrected chi connectivity index (χ3v) is 11.3. The molecule has 1 fully saturated rings. The molecule has 1 saturated carbocycles. The van der Waals surface area contributed by atoms with Gasteiger partial charge in [-0.3, -0.25) is 18.6 Å². The third kappa shape index (κ3) is 27.7. The molecule has 0 spiro atoms. The Morgan fingerprint density at radius 3 is 1.70 bits per heavy atom. The predicted molar refractivity (Wildman–Crippen MR) is 232 cm³/mol. The molecule has 0 aromatic heterocycles. The summed E-state index contributed by atoms with van der Waals surface area (Å²) in [6, 6.07) is 0. The van der Waals surface area contributed by atoms with E-state index in [9.17, 15) is 49.7 Å². The molecule has 7 unspecified atom stereocenters. The Morgan fingerprint density at radius 1 is 0.600 bits per heavy atom. The largest absolute Gasteiger partial charge is 0.472 e. The number of phosphoric acid groups is 1. The smallest absolute Gasteiger partial charge is 0.462 e. The third-order valence-electron chi connectivity index (χ3n) is 10.3. The van der Waals surface area contributed by atoms with Crippen molar-refractivity contribution in [3.05, 3.63) is 48.6 Å². The first-order valence-corrected chi connectivity index (χ1v) is 24.0. The van der Waals surface area contributed by atoms with Gasteiger partial charge in [-0.05, 0) is 38.5 Å². The lowest BCUT2D eigenvalue weighted by molar-refractivity contribution is -0.220. The summed E-state index contributed by atoms with van der Waals surface area (Å²) < 4.78 is 33.4. The van der Waals surface area contributed by atoms with E-state index in [-0.39, 0.29) is 12.8 Å². The van der Waals surface area contributed by atoms with Gasteiger partial charge in [0, 0.05) is 12.8 Å². The van der Waals surface area contributed by atoms with E-state index in [1.54, 1.807) is 6.08 Å². The first-order valence-electron chi connectivity index (χ1n) is 22.5. The molecular weight excluding hydrogens is 795 g/mol. The van der Waals surface area contributed by atoms with Gasteiger partial charge in [-0.2, -0.15) is 0 Å². The zero-order valence-corrected chi connectivity index (χ0v) is 37.2. The van der Waals surface area contributed by atoms with Gasteiger partial charge in [0.15, 0.2) is 6.10 Å². The molecule has 15 heteroatoms. The van der Waals surface area contributed by atoms with Gasteiger partial charge in [-0.15, -0.1) is 0 Å². The summed E-state index contributed by atoms with van der Waals surface area (Å²) >= 11 is 0. The molecule has 60 heavy (non-hydrogen) atoms. The normalized spacial score (nSPS) is 23.1. The summed E-state index contributed by atoms with van der Waals surface area (Å²) in [6.45, 7) is 3.11. The molecular formula is C45H79O14P. The van der Waals surface area contributed by atoms with Crippen molar-refractivity contribution in [1.82, 2.24) is 0 Å². The van der Waals surface area contributed by atoms with Crippen molar-refractivity contribution >= 4 is 19.8 Å². The van der Waals surface area contributed by atoms with E-state index in [0.29, 0.717) is 25.7 Å². The Morgan fingerprint density at radius 2 is 1.10 bits per heavy atom. The fourth-order valence-corrected chi connectivity index (χ4v) is 7.54. The fraction of sp³-hybridized carbons (Fsp3) is 0.778. The molecule has 348 valence electrons. The molecule has 1 aliphatic rings. The van der Waals surface area contributed by atoms with Crippen molar-refractivity contribution in [2.75, 3.05) is 13.2 Å². The maximum absolute atomic E-state index is 12.8. The average molecular weight is 875 g/mol. The van der Waals surface area contributed by atoms with Gasteiger partial charge in [0.05, 0.1) is 12.7 Å². The van der Waals surface area contributed by atoms with Crippen molar-refractivity contribution in [2.24, 2.45) is 0 Å². The van der Waals surface area contributed by atoms with Crippen molar-refractivity contribution < 1.29 is 68.2 Å². The molecule has 0 aromatic carbocycles. The number of rotatable bonds is 36. The number of allylic oxidation sites excluding steroid dienone is 7. The monoisotopic (exact) mass is 875 g/mol. The topological polar surface area (TPSA) is 230 Å². The van der Waals surface area contributed by atoms with Gasteiger partial charge in [0.25, 0.3) is 0 Å². The highest BCUT2D eigenvalue weighted by Gasteiger charge is 2.51. The second-order valence-corrected chi connectivity index (χ2v) is 17.2. The van der Waals surface area contributed by atoms with Crippen LogP contribution in [0.4, 0.5) is 0 Å². The zero-order chi connectivity index (χ0) is 44.4. The minimum absolute atomic E-state index is 0.00104. The summed E-state index contributed by atoms with van der Waals surface area (Å²) in [6.07, 6.45) is 23.5. The van der Waals surface area contributed by atoms with Crippen LogP contribution in [0.1, 0.15) is 162 Å². The molecule has 7 atom stereocenters. The minimum atomic E-state index is -5.14. The van der Waals surface area contributed by atoms with E-state index in [2.05, 4.69) is 13.8 Å². The molecule has 0 heterocycles. The molecule has 0 amide bonds. The molecule has 1 rings (SSSR count). The Bertz CT molecular complexity index is 1260. The average Bonchev–Trinajstić information content (AvgIpc) is 3.22. The summed E-state index contributed by atoms with van der Waals surface area (Å²) in [4.78, 5) is 35.6. The van der Waals surface area contributed by atoms with Crippen LogP contribution in [-0.4, -0.2) is 110 Å². The number of unbranched alkanes of at least 4 members (excludes halogenated alkanes) is 15. The second-order valence-electron chi connectivity index (χ2n) is 15.8. The number of carbonyl (C=O) groups excluding carboxylic acids is 2. The van der Waals surface area contributed by atoms with Crippen molar-refractivity contribution in [3.63, 3.8) is 0 Å². The van der Waals surface area contributed by atoms with Crippen LogP contribution < -0.4 is 0 Å². The van der Waals surface area contributed by atoms with Gasteiger partial charge in [0.2, 0.25) is 0 Å². The highest BCUT2D eigenvalue weighted by atomic mass is 31.2. The minimum Gasteiger partial charge on any atom is -0.462 e. The van der Waals surface area contributed by atoms with Gasteiger partial charge >= 0.3 is 19.8 Å². The predicted octanol–water partition coefficient (Wildman–Crippen LogP) is 7.36.